The summed E-state index contributed by atoms with van der Waals surface area (Å²) >= 11 is 0. The zero-order chi connectivity index (χ0) is 38.1. The molecular weight excluding hydrogens is 742 g/mol. The highest BCUT2D eigenvalue weighted by Crippen LogP contribution is 2.51. The van der Waals surface area contributed by atoms with Crippen LogP contribution >= 0.6 is 17.2 Å². The number of benzene rings is 6. The number of hydrogen-bond acceptors (Lipinski definition) is 11. The van der Waals surface area contributed by atoms with E-state index in [9.17, 15) is 4.79 Å². The van der Waals surface area contributed by atoms with Gasteiger partial charge >= 0.3 is 17.2 Å². The summed E-state index contributed by atoms with van der Waals surface area (Å²) < 4.78 is 60.4. The largest absolute Gasteiger partial charge is 0.530 e. The van der Waals surface area contributed by atoms with Crippen molar-refractivity contribution in [2.24, 2.45) is 0 Å². The van der Waals surface area contributed by atoms with Gasteiger partial charge in [0.15, 0.2) is 46.0 Å². The summed E-state index contributed by atoms with van der Waals surface area (Å²) in [6.45, 7) is 0. The van der Waals surface area contributed by atoms with Crippen molar-refractivity contribution in [1.82, 2.24) is 0 Å². The molecule has 0 radical (unpaired) electrons. The van der Waals surface area contributed by atoms with E-state index in [4.69, 9.17) is 46.1 Å². The molecule has 6 aromatic rings. The van der Waals surface area contributed by atoms with E-state index in [1.54, 1.807) is 89.1 Å². The van der Waals surface area contributed by atoms with Crippen molar-refractivity contribution >= 4 is 23.0 Å². The van der Waals surface area contributed by atoms with Crippen LogP contribution in [-0.4, -0.2) is 34.2 Å². The Kier molecular flexibility index (Phi) is 11.7. The lowest BCUT2D eigenvalue weighted by atomic mass is 9.84. The number of rotatable bonds is 16. The summed E-state index contributed by atoms with van der Waals surface area (Å²) in [6.07, 6.45) is 0.419. The molecule has 0 aliphatic heterocycles. The zero-order valence-electron chi connectivity index (χ0n) is 30.3. The van der Waals surface area contributed by atoms with Gasteiger partial charge in [0.05, 0.1) is 39.6 Å². The van der Waals surface area contributed by atoms with Crippen LogP contribution in [0.2, 0.25) is 0 Å². The fourth-order valence-electron chi connectivity index (χ4n) is 5.82. The molecule has 1 aliphatic carbocycles. The van der Waals surface area contributed by atoms with Crippen LogP contribution in [0.25, 0.3) is 0 Å². The Balaban J connectivity index is 1.24. The van der Waals surface area contributed by atoms with Crippen molar-refractivity contribution in [2.75, 3.05) is 28.4 Å². The Labute approximate surface area is 321 Å². The Bertz CT molecular complexity index is 2030. The minimum Gasteiger partial charge on any atom is -0.493 e. The number of ether oxygens (including phenoxy) is 4. The molecule has 0 amide bonds. The highest BCUT2D eigenvalue weighted by molar-refractivity contribution is 7.43. The molecule has 0 aromatic heterocycles. The molecule has 0 unspecified atom stereocenters. The molecular formula is C42H36O11P2. The van der Waals surface area contributed by atoms with E-state index >= 15 is 0 Å². The van der Waals surface area contributed by atoms with Gasteiger partial charge in [-0.25, -0.2) is 0 Å². The quantitative estimate of drug-likeness (QED) is 0.0875. The van der Waals surface area contributed by atoms with E-state index in [2.05, 4.69) is 0 Å². The third-order valence-corrected chi connectivity index (χ3v) is 10.4. The average Bonchev–Trinajstić information content (AvgIpc) is 3.21. The van der Waals surface area contributed by atoms with Crippen LogP contribution in [0.3, 0.4) is 0 Å². The van der Waals surface area contributed by atoms with Gasteiger partial charge in [0.1, 0.15) is 11.5 Å². The fourth-order valence-corrected chi connectivity index (χ4v) is 7.91. The number of hydrogen-bond donors (Lipinski definition) is 0. The van der Waals surface area contributed by atoms with Crippen molar-refractivity contribution in [2.45, 2.75) is 6.42 Å². The summed E-state index contributed by atoms with van der Waals surface area (Å²) in [5, 5.41) is 0. The molecule has 55 heavy (non-hydrogen) atoms. The maximum atomic E-state index is 14.8. The highest BCUT2D eigenvalue weighted by atomic mass is 31.2. The Morgan fingerprint density at radius 3 is 0.891 bits per heavy atom. The van der Waals surface area contributed by atoms with E-state index in [1.807, 2.05) is 72.8 Å². The van der Waals surface area contributed by atoms with Gasteiger partial charge in [-0.15, -0.1) is 0 Å². The molecule has 0 bridgehead atoms. The lowest BCUT2D eigenvalue weighted by molar-refractivity contribution is 0.103. The predicted molar refractivity (Wildman–Crippen MR) is 209 cm³/mol. The number of fused-ring (bicyclic) bond motifs is 2. The van der Waals surface area contributed by atoms with Crippen molar-refractivity contribution < 1.29 is 50.9 Å². The molecule has 0 atom stereocenters. The first kappa shape index (κ1) is 37.2. The molecule has 6 aromatic carbocycles. The molecule has 7 rings (SSSR count). The van der Waals surface area contributed by atoms with E-state index < -0.39 is 17.2 Å². The smallest absolute Gasteiger partial charge is 0.493 e. The SMILES string of the molecule is COc1ccccc1OP(Oc1ccccc1OC)Oc1cccc2c1C(=O)c1c(cccc1OP(Oc1ccccc1OC)Oc1ccccc1OC)C2. The maximum Gasteiger partial charge on any atom is 0.530 e. The molecule has 13 heteroatoms. The van der Waals surface area contributed by atoms with Crippen molar-refractivity contribution in [1.29, 1.82) is 0 Å². The number of methoxy groups -OCH3 is 4. The predicted octanol–water partition coefficient (Wildman–Crippen LogP) is 10.4. The van der Waals surface area contributed by atoms with E-state index in [-0.39, 0.29) is 17.3 Å². The fraction of sp³-hybridized carbons (Fsp3) is 0.119. The molecule has 280 valence electrons. The Hall–Kier alpha value is -6.15. The number of carbonyl (C=O) groups is 1. The van der Waals surface area contributed by atoms with Crippen LogP contribution in [0, 0.1) is 0 Å². The number of carbonyl (C=O) groups excluding carboxylic acids is 1. The van der Waals surface area contributed by atoms with Crippen LogP contribution in [0.15, 0.2) is 133 Å². The van der Waals surface area contributed by atoms with Crippen LogP contribution in [0.1, 0.15) is 27.0 Å². The van der Waals surface area contributed by atoms with E-state index in [0.29, 0.717) is 63.5 Å². The van der Waals surface area contributed by atoms with E-state index in [0.717, 1.165) is 11.1 Å². The molecule has 0 fully saturated rings. The summed E-state index contributed by atoms with van der Waals surface area (Å²) in [7, 11) is 1.73. The van der Waals surface area contributed by atoms with Gasteiger partial charge in [0.25, 0.3) is 0 Å². The Morgan fingerprint density at radius 1 is 0.345 bits per heavy atom. The molecule has 0 saturated heterocycles. The van der Waals surface area contributed by atoms with Crippen molar-refractivity contribution in [3.63, 3.8) is 0 Å². The van der Waals surface area contributed by atoms with Crippen molar-refractivity contribution in [3.05, 3.63) is 156 Å². The lowest BCUT2D eigenvalue weighted by Gasteiger charge is -2.26. The van der Waals surface area contributed by atoms with Crippen LogP contribution in [0.5, 0.6) is 57.5 Å². The van der Waals surface area contributed by atoms with Gasteiger partial charge in [0.2, 0.25) is 5.78 Å². The second-order valence-corrected chi connectivity index (χ2v) is 13.7. The third kappa shape index (κ3) is 8.34. The third-order valence-electron chi connectivity index (χ3n) is 8.37. The van der Waals surface area contributed by atoms with Gasteiger partial charge < -0.3 is 46.1 Å². The summed E-state index contributed by atoms with van der Waals surface area (Å²) in [6, 6.07) is 39.4. The van der Waals surface area contributed by atoms with Crippen LogP contribution < -0.4 is 46.1 Å². The van der Waals surface area contributed by atoms with Gasteiger partial charge in [0, 0.05) is 0 Å². The zero-order valence-corrected chi connectivity index (χ0v) is 32.1. The topological polar surface area (TPSA) is 109 Å². The number of para-hydroxylation sites is 8. The first-order valence-corrected chi connectivity index (χ1v) is 19.2. The Morgan fingerprint density at radius 2 is 0.600 bits per heavy atom. The number of ketones is 1. The minimum absolute atomic E-state index is 0.261. The van der Waals surface area contributed by atoms with E-state index in [1.165, 1.54) is 0 Å². The first-order chi connectivity index (χ1) is 27.0. The summed E-state index contributed by atoms with van der Waals surface area (Å²) in [4.78, 5) is 14.8. The lowest BCUT2D eigenvalue weighted by Crippen LogP contribution is -2.18. The molecule has 0 N–H and O–H groups in total. The van der Waals surface area contributed by atoms with Gasteiger partial charge in [-0.2, -0.15) is 0 Å². The van der Waals surface area contributed by atoms with Crippen molar-refractivity contribution in [3.8, 4) is 57.5 Å². The molecule has 0 saturated carbocycles. The van der Waals surface area contributed by atoms with Gasteiger partial charge in [-0.3, -0.25) is 4.79 Å². The summed E-state index contributed by atoms with van der Waals surface area (Å²) in [5.41, 5.74) is 2.20. The monoisotopic (exact) mass is 778 g/mol. The summed E-state index contributed by atoms with van der Waals surface area (Å²) in [5.74, 6) is 3.67. The standard InChI is InChI=1S/C42H36O11P2/c1-44-30-17-5-9-21-34(30)48-54(49-35-22-10-6-18-31(35)45-2)52-38-25-13-15-28-27-29-16-14-26-39(41(29)42(43)40(28)38)53-55(50-36-23-11-7-19-32(36)46-3)51-37-24-12-8-20-33(37)47-4/h5-26H,27H2,1-4H3. The molecule has 1 aliphatic rings. The van der Waals surface area contributed by atoms with Gasteiger partial charge in [-0.05, 0) is 78.2 Å². The second kappa shape index (κ2) is 17.3. The molecule has 0 heterocycles. The average molecular weight is 779 g/mol. The second-order valence-electron chi connectivity index (χ2n) is 11.7. The van der Waals surface area contributed by atoms with Crippen LogP contribution in [-0.2, 0) is 6.42 Å². The molecule has 0 spiro atoms. The molecule has 11 nitrogen and oxygen atoms in total. The first-order valence-electron chi connectivity index (χ1n) is 17.0. The van der Waals surface area contributed by atoms with Crippen LogP contribution in [0.4, 0.5) is 0 Å². The minimum atomic E-state index is -2.23. The highest BCUT2D eigenvalue weighted by Gasteiger charge is 2.34. The van der Waals surface area contributed by atoms with Gasteiger partial charge in [-0.1, -0.05) is 72.8 Å². The maximum absolute atomic E-state index is 14.8. The normalized spacial score (nSPS) is 11.6.